The van der Waals surface area contributed by atoms with Gasteiger partial charge in [0, 0.05) is 18.7 Å². The Morgan fingerprint density at radius 1 is 1.37 bits per heavy atom. The summed E-state index contributed by atoms with van der Waals surface area (Å²) in [6.45, 7) is 4.73. The second-order valence-corrected chi connectivity index (χ2v) is 5.38. The molecule has 1 aromatic rings. The van der Waals surface area contributed by atoms with E-state index in [1.165, 1.54) is 12.8 Å². The van der Waals surface area contributed by atoms with Crippen LogP contribution in [0.2, 0.25) is 0 Å². The molecule has 0 amide bonds. The number of likely N-dealkylation sites (tertiary alicyclic amines) is 1. The van der Waals surface area contributed by atoms with Crippen LogP contribution in [0.5, 0.6) is 5.75 Å². The maximum atomic E-state index is 5.56. The van der Waals surface area contributed by atoms with Gasteiger partial charge in [0.2, 0.25) is 0 Å². The minimum atomic E-state index is 0.299. The standard InChI is InChI=1S/C16H19NOS/c1-3-12-18-15-6-4-14(5-7-15)16(19)17-10-8-13(2)9-11-17/h1,4-7,13H,8-12H2,2H3. The molecule has 0 saturated carbocycles. The third-order valence-electron chi connectivity index (χ3n) is 3.49. The Morgan fingerprint density at radius 3 is 2.58 bits per heavy atom. The van der Waals surface area contributed by atoms with E-state index in [0.29, 0.717) is 6.61 Å². The predicted molar refractivity (Wildman–Crippen MR) is 82.4 cm³/mol. The largest absolute Gasteiger partial charge is 0.481 e. The van der Waals surface area contributed by atoms with Crippen molar-refractivity contribution >= 4 is 17.2 Å². The molecule has 1 aromatic carbocycles. The van der Waals surface area contributed by atoms with Crippen molar-refractivity contribution in [1.82, 2.24) is 4.90 Å². The number of hydrogen-bond acceptors (Lipinski definition) is 2. The fraction of sp³-hybridized carbons (Fsp3) is 0.438. The van der Waals surface area contributed by atoms with Crippen molar-refractivity contribution in [3.8, 4) is 18.1 Å². The number of thiocarbonyl (C=S) groups is 1. The summed E-state index contributed by atoms with van der Waals surface area (Å²) in [6.07, 6.45) is 7.61. The van der Waals surface area contributed by atoms with Crippen molar-refractivity contribution < 1.29 is 4.74 Å². The molecule has 2 rings (SSSR count). The Hall–Kier alpha value is -1.53. The molecule has 1 fully saturated rings. The van der Waals surface area contributed by atoms with E-state index in [9.17, 15) is 0 Å². The summed E-state index contributed by atoms with van der Waals surface area (Å²) in [7, 11) is 0. The summed E-state index contributed by atoms with van der Waals surface area (Å²) >= 11 is 5.56. The molecular weight excluding hydrogens is 254 g/mol. The second-order valence-electron chi connectivity index (χ2n) is 4.99. The highest BCUT2D eigenvalue weighted by Gasteiger charge is 2.18. The van der Waals surface area contributed by atoms with Gasteiger partial charge in [0.15, 0.2) is 0 Å². The fourth-order valence-electron chi connectivity index (χ4n) is 2.21. The molecule has 0 atom stereocenters. The fourth-order valence-corrected chi connectivity index (χ4v) is 2.53. The van der Waals surface area contributed by atoms with E-state index in [-0.39, 0.29) is 0 Å². The van der Waals surface area contributed by atoms with Gasteiger partial charge in [0.25, 0.3) is 0 Å². The number of rotatable bonds is 3. The lowest BCUT2D eigenvalue weighted by atomic mass is 9.99. The molecule has 19 heavy (non-hydrogen) atoms. The van der Waals surface area contributed by atoms with Crippen molar-refractivity contribution in [2.45, 2.75) is 19.8 Å². The Labute approximate surface area is 120 Å². The smallest absolute Gasteiger partial charge is 0.148 e. The monoisotopic (exact) mass is 273 g/mol. The second kappa shape index (κ2) is 6.58. The lowest BCUT2D eigenvalue weighted by molar-refractivity contribution is 0.284. The molecule has 0 unspecified atom stereocenters. The molecule has 0 N–H and O–H groups in total. The number of hydrogen-bond donors (Lipinski definition) is 0. The van der Waals surface area contributed by atoms with E-state index in [0.717, 1.165) is 35.3 Å². The van der Waals surface area contributed by atoms with Crippen LogP contribution < -0.4 is 4.74 Å². The van der Waals surface area contributed by atoms with Crippen LogP contribution in [0.15, 0.2) is 24.3 Å². The summed E-state index contributed by atoms with van der Waals surface area (Å²) in [5.74, 6) is 4.06. The van der Waals surface area contributed by atoms with E-state index in [4.69, 9.17) is 23.4 Å². The van der Waals surface area contributed by atoms with Crippen LogP contribution in [-0.4, -0.2) is 29.6 Å². The van der Waals surface area contributed by atoms with Gasteiger partial charge < -0.3 is 9.64 Å². The third kappa shape index (κ3) is 3.71. The quantitative estimate of drug-likeness (QED) is 0.620. The molecule has 1 aliphatic rings. The Bertz CT molecular complexity index is 467. The summed E-state index contributed by atoms with van der Waals surface area (Å²) in [5, 5.41) is 0. The highest BCUT2D eigenvalue weighted by molar-refractivity contribution is 7.80. The lowest BCUT2D eigenvalue weighted by Gasteiger charge is -2.32. The molecule has 0 radical (unpaired) electrons. The SMILES string of the molecule is C#CCOc1ccc(C(=S)N2CCC(C)CC2)cc1. The summed E-state index contributed by atoms with van der Waals surface area (Å²) in [4.78, 5) is 3.24. The first-order valence-electron chi connectivity index (χ1n) is 6.66. The first-order chi connectivity index (χ1) is 9.20. The molecule has 0 aliphatic carbocycles. The van der Waals surface area contributed by atoms with E-state index in [1.807, 2.05) is 24.3 Å². The molecule has 1 saturated heterocycles. The molecule has 0 bridgehead atoms. The number of nitrogens with zero attached hydrogens (tertiary/aromatic N) is 1. The minimum absolute atomic E-state index is 0.299. The summed E-state index contributed by atoms with van der Waals surface area (Å²) in [5.41, 5.74) is 1.08. The average Bonchev–Trinajstić information content (AvgIpc) is 2.46. The number of piperidine rings is 1. The highest BCUT2D eigenvalue weighted by atomic mass is 32.1. The Balaban J connectivity index is 1.97. The van der Waals surface area contributed by atoms with Crippen LogP contribution in [0.1, 0.15) is 25.3 Å². The van der Waals surface area contributed by atoms with Crippen molar-refractivity contribution in [1.29, 1.82) is 0 Å². The number of benzene rings is 1. The maximum Gasteiger partial charge on any atom is 0.148 e. The van der Waals surface area contributed by atoms with E-state index < -0.39 is 0 Å². The topological polar surface area (TPSA) is 12.5 Å². The van der Waals surface area contributed by atoms with Crippen molar-refractivity contribution in [2.24, 2.45) is 5.92 Å². The first kappa shape index (κ1) is 13.9. The van der Waals surface area contributed by atoms with Crippen LogP contribution >= 0.6 is 12.2 Å². The van der Waals surface area contributed by atoms with Gasteiger partial charge >= 0.3 is 0 Å². The van der Waals surface area contributed by atoms with Gasteiger partial charge in [-0.2, -0.15) is 0 Å². The van der Waals surface area contributed by atoms with E-state index in [2.05, 4.69) is 17.7 Å². The average molecular weight is 273 g/mol. The Morgan fingerprint density at radius 2 is 2.00 bits per heavy atom. The van der Waals surface area contributed by atoms with Crippen LogP contribution in [0.3, 0.4) is 0 Å². The summed E-state index contributed by atoms with van der Waals surface area (Å²) < 4.78 is 5.36. The number of terminal acetylenes is 1. The van der Waals surface area contributed by atoms with Crippen LogP contribution in [0, 0.1) is 18.3 Å². The normalized spacial score (nSPS) is 15.9. The molecular formula is C16H19NOS. The molecule has 1 heterocycles. The van der Waals surface area contributed by atoms with Crippen molar-refractivity contribution in [2.75, 3.05) is 19.7 Å². The molecule has 3 heteroatoms. The number of ether oxygens (including phenoxy) is 1. The van der Waals surface area contributed by atoms with Gasteiger partial charge in [0.05, 0.1) is 0 Å². The van der Waals surface area contributed by atoms with Crippen LogP contribution in [0.4, 0.5) is 0 Å². The van der Waals surface area contributed by atoms with Gasteiger partial charge in [-0.15, -0.1) is 6.42 Å². The zero-order valence-electron chi connectivity index (χ0n) is 11.3. The molecule has 0 aromatic heterocycles. The molecule has 0 spiro atoms. The minimum Gasteiger partial charge on any atom is -0.481 e. The van der Waals surface area contributed by atoms with Gasteiger partial charge in [-0.3, -0.25) is 0 Å². The Kier molecular flexibility index (Phi) is 4.81. The molecule has 1 aliphatic heterocycles. The first-order valence-corrected chi connectivity index (χ1v) is 7.07. The highest BCUT2D eigenvalue weighted by Crippen LogP contribution is 2.20. The summed E-state index contributed by atoms with van der Waals surface area (Å²) in [6, 6.07) is 7.86. The van der Waals surface area contributed by atoms with E-state index >= 15 is 0 Å². The van der Waals surface area contributed by atoms with Crippen LogP contribution in [-0.2, 0) is 0 Å². The predicted octanol–water partition coefficient (Wildman–Crippen LogP) is 3.11. The van der Waals surface area contributed by atoms with Gasteiger partial charge in [0.1, 0.15) is 17.3 Å². The zero-order valence-corrected chi connectivity index (χ0v) is 12.1. The van der Waals surface area contributed by atoms with E-state index in [1.54, 1.807) is 0 Å². The third-order valence-corrected chi connectivity index (χ3v) is 3.99. The van der Waals surface area contributed by atoms with Crippen molar-refractivity contribution in [3.05, 3.63) is 29.8 Å². The van der Waals surface area contributed by atoms with Gasteiger partial charge in [-0.1, -0.05) is 25.1 Å². The molecule has 100 valence electrons. The van der Waals surface area contributed by atoms with Gasteiger partial charge in [-0.05, 0) is 43.0 Å². The zero-order chi connectivity index (χ0) is 13.7. The van der Waals surface area contributed by atoms with Crippen molar-refractivity contribution in [3.63, 3.8) is 0 Å². The van der Waals surface area contributed by atoms with Gasteiger partial charge in [-0.25, -0.2) is 0 Å². The molecule has 2 nitrogen and oxygen atoms in total. The van der Waals surface area contributed by atoms with Crippen LogP contribution in [0.25, 0.3) is 0 Å². The lowest BCUT2D eigenvalue weighted by Crippen LogP contribution is -2.37. The maximum absolute atomic E-state index is 5.56.